The minimum absolute atomic E-state index is 0.0113. The lowest BCUT2D eigenvalue weighted by Crippen LogP contribution is -2.51. The van der Waals surface area contributed by atoms with E-state index in [4.69, 9.17) is 14.2 Å². The minimum Gasteiger partial charge on any atom is -0.497 e. The van der Waals surface area contributed by atoms with E-state index in [1.54, 1.807) is 30.5 Å². The third-order valence-corrected chi connectivity index (χ3v) is 6.66. The monoisotopic (exact) mass is 489 g/mol. The molecule has 186 valence electrons. The van der Waals surface area contributed by atoms with Gasteiger partial charge in [-0.05, 0) is 55.8 Å². The van der Waals surface area contributed by atoms with Crippen LogP contribution in [0.1, 0.15) is 36.8 Å². The van der Waals surface area contributed by atoms with Gasteiger partial charge in [-0.25, -0.2) is 4.79 Å². The number of carbonyl (C=O) groups excluding carboxylic acids is 2. The summed E-state index contributed by atoms with van der Waals surface area (Å²) in [5, 5.41) is 4.96. The highest BCUT2D eigenvalue weighted by atomic mass is 32.1. The first-order valence-corrected chi connectivity index (χ1v) is 12.5. The molecule has 2 heterocycles. The molecule has 1 aromatic carbocycles. The second-order valence-electron chi connectivity index (χ2n) is 8.51. The molecule has 1 N–H and O–H groups in total. The van der Waals surface area contributed by atoms with Gasteiger partial charge in [0.2, 0.25) is 5.91 Å². The van der Waals surface area contributed by atoms with E-state index in [0.717, 1.165) is 12.0 Å². The van der Waals surface area contributed by atoms with Crippen LogP contribution in [-0.4, -0.2) is 74.8 Å². The average Bonchev–Trinajstić information content (AvgIpc) is 3.30. The second kappa shape index (κ2) is 12.6. The van der Waals surface area contributed by atoms with Crippen LogP contribution in [0.3, 0.4) is 0 Å². The Bertz CT molecular complexity index is 948. The maximum absolute atomic E-state index is 13.5. The Labute approximate surface area is 205 Å². The van der Waals surface area contributed by atoms with E-state index >= 15 is 0 Å². The molecule has 2 aromatic rings. The number of hydrogen-bond donors (Lipinski definition) is 1. The van der Waals surface area contributed by atoms with Crippen LogP contribution in [0, 0.1) is 0 Å². The fourth-order valence-electron chi connectivity index (χ4n) is 3.99. The number of nitrogens with one attached hydrogen (secondary N) is 1. The zero-order valence-corrected chi connectivity index (χ0v) is 21.2. The average molecular weight is 490 g/mol. The molecule has 1 atom stereocenters. The molecule has 34 heavy (non-hydrogen) atoms. The third-order valence-electron chi connectivity index (χ3n) is 5.67. The number of thiophene rings is 1. The molecular weight excluding hydrogens is 454 g/mol. The second-order valence-corrected chi connectivity index (χ2v) is 9.51. The topological polar surface area (TPSA) is 80.3 Å². The van der Waals surface area contributed by atoms with Gasteiger partial charge in [-0.15, -0.1) is 11.3 Å². The number of amides is 3. The predicted molar refractivity (Wildman–Crippen MR) is 133 cm³/mol. The molecule has 0 spiro atoms. The summed E-state index contributed by atoms with van der Waals surface area (Å²) in [4.78, 5) is 30.9. The number of urea groups is 1. The molecule has 3 amide bonds. The van der Waals surface area contributed by atoms with Crippen LogP contribution >= 0.6 is 11.3 Å². The predicted octanol–water partition coefficient (Wildman–Crippen LogP) is 3.72. The van der Waals surface area contributed by atoms with Crippen molar-refractivity contribution in [2.45, 2.75) is 38.8 Å². The highest BCUT2D eigenvalue weighted by Crippen LogP contribution is 2.34. The van der Waals surface area contributed by atoms with Crippen LogP contribution < -0.4 is 14.8 Å². The van der Waals surface area contributed by atoms with Gasteiger partial charge in [0.25, 0.3) is 0 Å². The number of rotatable bonds is 11. The van der Waals surface area contributed by atoms with Crippen molar-refractivity contribution in [2.75, 3.05) is 47.1 Å². The fraction of sp³-hybridized carbons (Fsp3) is 0.520. The molecular formula is C25H35N3O5S. The first-order chi connectivity index (χ1) is 16.4. The Morgan fingerprint density at radius 1 is 1.24 bits per heavy atom. The number of benzene rings is 1. The van der Waals surface area contributed by atoms with Gasteiger partial charge >= 0.3 is 6.03 Å². The summed E-state index contributed by atoms with van der Waals surface area (Å²) < 4.78 is 16.5. The lowest BCUT2D eigenvalue weighted by atomic mass is 10.0. The summed E-state index contributed by atoms with van der Waals surface area (Å²) in [7, 11) is 3.24. The first-order valence-electron chi connectivity index (χ1n) is 11.6. The molecule has 0 saturated carbocycles. The van der Waals surface area contributed by atoms with Crippen LogP contribution in [0.4, 0.5) is 4.79 Å². The van der Waals surface area contributed by atoms with Gasteiger partial charge in [-0.3, -0.25) is 4.79 Å². The summed E-state index contributed by atoms with van der Waals surface area (Å²) in [5.74, 6) is 1.31. The summed E-state index contributed by atoms with van der Waals surface area (Å²) in [6, 6.07) is 9.04. The van der Waals surface area contributed by atoms with Gasteiger partial charge in [-0.1, -0.05) is 6.07 Å². The van der Waals surface area contributed by atoms with Crippen molar-refractivity contribution in [1.82, 2.24) is 15.1 Å². The Hall–Kier alpha value is -2.78. The van der Waals surface area contributed by atoms with Crippen LogP contribution in [0.5, 0.6) is 11.5 Å². The van der Waals surface area contributed by atoms with Gasteiger partial charge in [0.15, 0.2) is 0 Å². The van der Waals surface area contributed by atoms with E-state index in [0.29, 0.717) is 44.2 Å². The number of ether oxygens (including phenoxy) is 3. The van der Waals surface area contributed by atoms with Crippen LogP contribution in [0.25, 0.3) is 0 Å². The Kier molecular flexibility index (Phi) is 9.59. The molecule has 0 radical (unpaired) electrons. The highest BCUT2D eigenvalue weighted by molar-refractivity contribution is 7.10. The lowest BCUT2D eigenvalue weighted by Gasteiger charge is -2.37. The van der Waals surface area contributed by atoms with E-state index in [-0.39, 0.29) is 30.6 Å². The number of fused-ring (bicyclic) bond motifs is 1. The number of methoxy groups -OCH3 is 2. The lowest BCUT2D eigenvalue weighted by molar-refractivity contribution is -0.135. The van der Waals surface area contributed by atoms with Crippen molar-refractivity contribution in [3.63, 3.8) is 0 Å². The number of nitrogens with zero attached hydrogens (tertiary/aromatic N) is 2. The van der Waals surface area contributed by atoms with Crippen molar-refractivity contribution < 1.29 is 23.8 Å². The van der Waals surface area contributed by atoms with E-state index in [2.05, 4.69) is 16.8 Å². The van der Waals surface area contributed by atoms with Crippen molar-refractivity contribution >= 4 is 23.3 Å². The van der Waals surface area contributed by atoms with E-state index in [1.807, 2.05) is 43.0 Å². The van der Waals surface area contributed by atoms with Crippen LogP contribution in [-0.2, 0) is 16.0 Å². The summed E-state index contributed by atoms with van der Waals surface area (Å²) in [5.41, 5.74) is 1.12. The zero-order valence-electron chi connectivity index (χ0n) is 20.4. The summed E-state index contributed by atoms with van der Waals surface area (Å²) >= 11 is 1.71. The molecule has 3 rings (SSSR count). The summed E-state index contributed by atoms with van der Waals surface area (Å²) in [6.07, 6.45) is 1.46. The molecule has 1 aliphatic rings. The smallest absolute Gasteiger partial charge is 0.318 e. The molecule has 0 fully saturated rings. The van der Waals surface area contributed by atoms with Crippen LogP contribution in [0.15, 0.2) is 35.7 Å². The van der Waals surface area contributed by atoms with E-state index in [9.17, 15) is 9.59 Å². The Balaban J connectivity index is 1.74. The largest absolute Gasteiger partial charge is 0.497 e. The van der Waals surface area contributed by atoms with Gasteiger partial charge in [0, 0.05) is 43.8 Å². The molecule has 0 unspecified atom stereocenters. The van der Waals surface area contributed by atoms with Crippen molar-refractivity contribution in [3.05, 3.63) is 46.2 Å². The fourth-order valence-corrected chi connectivity index (χ4v) is 4.91. The van der Waals surface area contributed by atoms with Gasteiger partial charge in [0.1, 0.15) is 24.7 Å². The van der Waals surface area contributed by atoms with E-state index < -0.39 is 0 Å². The molecule has 1 aliphatic heterocycles. The maximum atomic E-state index is 13.5. The van der Waals surface area contributed by atoms with Gasteiger partial charge in [-0.2, -0.15) is 0 Å². The standard InChI is InChI=1S/C25H35N3O5S/c1-18(2)26-25(30)27(11-6-13-31-3)16-24(29)28-12-9-23-21(10-14-34-23)22(28)17-33-20-8-5-7-19(15-20)32-4/h5,7-8,10,14-15,18,22H,6,9,11-13,16-17H2,1-4H3,(H,26,30)/t22-/m1/s1. The normalized spacial score (nSPS) is 15.1. The van der Waals surface area contributed by atoms with Crippen molar-refractivity contribution in [2.24, 2.45) is 0 Å². The molecule has 0 saturated heterocycles. The minimum atomic E-state index is -0.239. The molecule has 0 aliphatic carbocycles. The summed E-state index contributed by atoms with van der Waals surface area (Å²) in [6.45, 7) is 5.71. The number of carbonyl (C=O) groups is 2. The van der Waals surface area contributed by atoms with Gasteiger partial charge < -0.3 is 29.3 Å². The first kappa shape index (κ1) is 25.8. The van der Waals surface area contributed by atoms with Crippen molar-refractivity contribution in [1.29, 1.82) is 0 Å². The Morgan fingerprint density at radius 3 is 2.76 bits per heavy atom. The zero-order chi connectivity index (χ0) is 24.5. The maximum Gasteiger partial charge on any atom is 0.318 e. The SMILES string of the molecule is COCCCN(CC(=O)N1CCc2sccc2[C@H]1COc1cccc(OC)c1)C(=O)NC(C)C. The van der Waals surface area contributed by atoms with E-state index in [1.165, 1.54) is 4.88 Å². The highest BCUT2D eigenvalue weighted by Gasteiger charge is 2.33. The van der Waals surface area contributed by atoms with Crippen molar-refractivity contribution in [3.8, 4) is 11.5 Å². The third kappa shape index (κ3) is 6.87. The molecule has 0 bridgehead atoms. The van der Waals surface area contributed by atoms with Crippen LogP contribution in [0.2, 0.25) is 0 Å². The molecule has 8 nitrogen and oxygen atoms in total. The number of hydrogen-bond acceptors (Lipinski definition) is 6. The molecule has 9 heteroatoms. The molecule has 1 aromatic heterocycles. The quantitative estimate of drug-likeness (QED) is 0.487. The Morgan fingerprint density at radius 2 is 2.03 bits per heavy atom. The van der Waals surface area contributed by atoms with Gasteiger partial charge in [0.05, 0.1) is 13.2 Å².